The third kappa shape index (κ3) is 5.72. The molecule has 1 aromatic carbocycles. The van der Waals surface area contributed by atoms with Crippen molar-refractivity contribution in [2.75, 3.05) is 11.9 Å². The second-order valence-corrected chi connectivity index (χ2v) is 12.5. The van der Waals surface area contributed by atoms with Gasteiger partial charge in [-0.3, -0.25) is 14.3 Å². The van der Waals surface area contributed by atoms with E-state index in [1.54, 1.807) is 29.1 Å². The van der Waals surface area contributed by atoms with Crippen molar-refractivity contribution in [3.8, 4) is 0 Å². The first-order chi connectivity index (χ1) is 20.0. The van der Waals surface area contributed by atoms with E-state index in [9.17, 15) is 27.6 Å². The van der Waals surface area contributed by atoms with Crippen LogP contribution in [0, 0.1) is 17.8 Å². The fraction of sp³-hybridized carbons (Fsp3) is 0.600. The van der Waals surface area contributed by atoms with Crippen molar-refractivity contribution in [3.05, 3.63) is 47.3 Å². The molecule has 3 aliphatic carbocycles. The summed E-state index contributed by atoms with van der Waals surface area (Å²) in [5.41, 5.74) is 2.68. The number of carbonyl (C=O) groups is 3. The zero-order valence-corrected chi connectivity index (χ0v) is 23.8. The van der Waals surface area contributed by atoms with Gasteiger partial charge >= 0.3 is 12.2 Å². The molecule has 42 heavy (non-hydrogen) atoms. The van der Waals surface area contributed by atoms with Crippen LogP contribution in [0.3, 0.4) is 0 Å². The summed E-state index contributed by atoms with van der Waals surface area (Å²) in [6.07, 6.45) is 3.24. The normalized spacial score (nSPS) is 23.1. The highest BCUT2D eigenvalue weighted by atomic mass is 19.4. The Bertz CT molecular complexity index is 1350. The van der Waals surface area contributed by atoms with E-state index >= 15 is 0 Å². The average Bonchev–Trinajstić information content (AvgIpc) is 3.86. The Hall–Kier alpha value is -3.57. The fourth-order valence-corrected chi connectivity index (χ4v) is 6.77. The molecule has 0 unspecified atom stereocenters. The number of alkyl halides is 3. The van der Waals surface area contributed by atoms with E-state index in [4.69, 9.17) is 0 Å². The van der Waals surface area contributed by atoms with E-state index in [2.05, 4.69) is 21.0 Å². The van der Waals surface area contributed by atoms with Crippen molar-refractivity contribution in [1.29, 1.82) is 0 Å². The van der Waals surface area contributed by atoms with Crippen LogP contribution in [0.25, 0.3) is 0 Å². The van der Waals surface area contributed by atoms with Gasteiger partial charge in [0.05, 0.1) is 12.6 Å². The number of nitrogens with one attached hydrogen (secondary N) is 3. The highest BCUT2D eigenvalue weighted by molar-refractivity contribution is 6.01. The predicted molar refractivity (Wildman–Crippen MR) is 149 cm³/mol. The van der Waals surface area contributed by atoms with E-state index in [1.165, 1.54) is 4.90 Å². The first-order valence-corrected chi connectivity index (χ1v) is 14.9. The zero-order valence-electron chi connectivity index (χ0n) is 23.8. The van der Waals surface area contributed by atoms with E-state index in [-0.39, 0.29) is 23.8 Å². The molecule has 0 bridgehead atoms. The van der Waals surface area contributed by atoms with Gasteiger partial charge in [0.1, 0.15) is 17.8 Å². The molecule has 9 nitrogen and oxygen atoms in total. The molecular weight excluding hydrogens is 549 g/mol. The molecule has 226 valence electrons. The summed E-state index contributed by atoms with van der Waals surface area (Å²) in [7, 11) is 0. The van der Waals surface area contributed by atoms with Gasteiger partial charge < -0.3 is 20.9 Å². The maximum Gasteiger partial charge on any atom is 0.410 e. The van der Waals surface area contributed by atoms with Crippen molar-refractivity contribution in [2.45, 2.75) is 89.1 Å². The monoisotopic (exact) mass is 586 g/mol. The summed E-state index contributed by atoms with van der Waals surface area (Å²) < 4.78 is 41.5. The number of benzene rings is 1. The molecule has 3 N–H and O–H groups in total. The lowest BCUT2D eigenvalue weighted by atomic mass is 9.86. The molecular formula is C30H37F3N6O3. The second-order valence-electron chi connectivity index (χ2n) is 12.5. The number of rotatable bonds is 9. The Balaban J connectivity index is 1.21. The number of fused-ring (bicyclic) bond motifs is 1. The van der Waals surface area contributed by atoms with E-state index in [0.717, 1.165) is 36.8 Å². The SMILES string of the molecule is CC(C)n1nccc1C(=O)N[C@H](C(=O)Nc1ccc2c(c1)CCC[C@H]2N1C[C@@H](C(F)(F)F)NC1=O)C(C1CC1)C1CC1. The van der Waals surface area contributed by atoms with Crippen molar-refractivity contribution < 1.29 is 27.6 Å². The summed E-state index contributed by atoms with van der Waals surface area (Å²) in [5.74, 6) is 0.255. The average molecular weight is 587 g/mol. The Morgan fingerprint density at radius 2 is 1.79 bits per heavy atom. The number of halogens is 3. The molecule has 4 amide bonds. The van der Waals surface area contributed by atoms with Crippen LogP contribution in [-0.2, 0) is 11.2 Å². The number of hydrogen-bond donors (Lipinski definition) is 3. The number of anilines is 1. The van der Waals surface area contributed by atoms with E-state index in [0.29, 0.717) is 42.5 Å². The van der Waals surface area contributed by atoms with Crippen molar-refractivity contribution in [1.82, 2.24) is 25.3 Å². The highest BCUT2D eigenvalue weighted by Crippen LogP contribution is 2.51. The Morgan fingerprint density at radius 3 is 2.40 bits per heavy atom. The quantitative estimate of drug-likeness (QED) is 0.386. The number of aryl methyl sites for hydroxylation is 1. The first-order valence-electron chi connectivity index (χ1n) is 14.9. The van der Waals surface area contributed by atoms with Gasteiger partial charge in [0, 0.05) is 17.9 Å². The van der Waals surface area contributed by atoms with Crippen LogP contribution >= 0.6 is 0 Å². The van der Waals surface area contributed by atoms with Gasteiger partial charge in [-0.15, -0.1) is 0 Å². The number of carbonyl (C=O) groups excluding carboxylic acids is 3. The molecule has 2 heterocycles. The van der Waals surface area contributed by atoms with Crippen molar-refractivity contribution in [2.24, 2.45) is 17.8 Å². The molecule has 1 aromatic heterocycles. The molecule has 3 fully saturated rings. The lowest BCUT2D eigenvalue weighted by Crippen LogP contribution is -2.50. The number of hydrogen-bond acceptors (Lipinski definition) is 4. The molecule has 0 spiro atoms. The molecule has 12 heteroatoms. The number of aromatic nitrogens is 2. The van der Waals surface area contributed by atoms with Gasteiger partial charge in [-0.25, -0.2) is 4.79 Å². The smallest absolute Gasteiger partial charge is 0.339 e. The highest BCUT2D eigenvalue weighted by Gasteiger charge is 2.50. The molecule has 3 atom stereocenters. The number of amides is 4. The van der Waals surface area contributed by atoms with Crippen LogP contribution in [0.5, 0.6) is 0 Å². The summed E-state index contributed by atoms with van der Waals surface area (Å²) in [5, 5.41) is 12.4. The van der Waals surface area contributed by atoms with Crippen LogP contribution in [0.15, 0.2) is 30.5 Å². The molecule has 2 aromatic rings. The minimum Gasteiger partial charge on any atom is -0.339 e. The van der Waals surface area contributed by atoms with Gasteiger partial charge in [0.15, 0.2) is 0 Å². The molecule has 1 aliphatic heterocycles. The van der Waals surface area contributed by atoms with Gasteiger partial charge in [0.25, 0.3) is 5.91 Å². The van der Waals surface area contributed by atoms with Crippen molar-refractivity contribution >= 4 is 23.5 Å². The van der Waals surface area contributed by atoms with Gasteiger partial charge in [0.2, 0.25) is 5.91 Å². The molecule has 2 saturated carbocycles. The van der Waals surface area contributed by atoms with Gasteiger partial charge in [-0.1, -0.05) is 6.07 Å². The standard InChI is InChI=1S/C30H37F3N6O3/c1-16(2)39-23(12-13-34-39)27(40)37-26(25(17-6-7-17)18-8-9-18)28(41)35-20-10-11-21-19(14-20)4-3-5-22(21)38-15-24(30(31,32)33)36-29(38)42/h10-14,16-18,22,24-26H,3-9,15H2,1-2H3,(H,35,41)(H,36,42)(H,37,40)/t22-,24+,26+/m1/s1. The minimum absolute atomic E-state index is 0.0130. The van der Waals surface area contributed by atoms with Crippen LogP contribution in [0.1, 0.15) is 86.1 Å². The second kappa shape index (κ2) is 10.9. The van der Waals surface area contributed by atoms with E-state index in [1.807, 2.05) is 19.9 Å². The van der Waals surface area contributed by atoms with E-state index < -0.39 is 36.9 Å². The summed E-state index contributed by atoms with van der Waals surface area (Å²) in [6, 6.07) is 3.28. The van der Waals surface area contributed by atoms with Gasteiger partial charge in [-0.2, -0.15) is 18.3 Å². The minimum atomic E-state index is -4.50. The third-order valence-corrected chi connectivity index (χ3v) is 9.08. The summed E-state index contributed by atoms with van der Waals surface area (Å²) >= 11 is 0. The summed E-state index contributed by atoms with van der Waals surface area (Å²) in [4.78, 5) is 41.0. The lowest BCUT2D eigenvalue weighted by Gasteiger charge is -2.33. The van der Waals surface area contributed by atoms with Crippen LogP contribution in [0.2, 0.25) is 0 Å². The predicted octanol–water partition coefficient (Wildman–Crippen LogP) is 4.97. The molecule has 1 saturated heterocycles. The maximum atomic E-state index is 13.8. The summed E-state index contributed by atoms with van der Waals surface area (Å²) in [6.45, 7) is 3.46. The molecule has 6 rings (SSSR count). The number of urea groups is 1. The zero-order chi connectivity index (χ0) is 29.8. The first kappa shape index (κ1) is 28.5. The van der Waals surface area contributed by atoms with Crippen LogP contribution in [-0.4, -0.2) is 57.3 Å². The Kier molecular flexibility index (Phi) is 7.43. The molecule has 0 radical (unpaired) electrons. The van der Waals surface area contributed by atoms with Gasteiger partial charge in [-0.05, 0) is 106 Å². The largest absolute Gasteiger partial charge is 0.410 e. The Labute approximate surface area is 242 Å². The fourth-order valence-electron chi connectivity index (χ4n) is 6.77. The number of nitrogens with zero attached hydrogens (tertiary/aromatic N) is 3. The van der Waals surface area contributed by atoms with Crippen LogP contribution < -0.4 is 16.0 Å². The Morgan fingerprint density at radius 1 is 1.07 bits per heavy atom. The maximum absolute atomic E-state index is 13.8. The van der Waals surface area contributed by atoms with Crippen molar-refractivity contribution in [3.63, 3.8) is 0 Å². The topological polar surface area (TPSA) is 108 Å². The van der Waals surface area contributed by atoms with Crippen LogP contribution in [0.4, 0.5) is 23.7 Å². The molecule has 4 aliphatic rings. The third-order valence-electron chi connectivity index (χ3n) is 9.08. The lowest BCUT2D eigenvalue weighted by molar-refractivity contribution is -0.150.